The Morgan fingerprint density at radius 3 is 2.54 bits per heavy atom. The molecule has 1 aromatic heterocycles. The van der Waals surface area contributed by atoms with Gasteiger partial charge in [-0.15, -0.1) is 0 Å². The van der Waals surface area contributed by atoms with Gasteiger partial charge in [0, 0.05) is 56.0 Å². The average molecular weight is 376 g/mol. The van der Waals surface area contributed by atoms with Gasteiger partial charge in [0.1, 0.15) is 11.5 Å². The van der Waals surface area contributed by atoms with Crippen LogP contribution in [0.25, 0.3) is 0 Å². The molecule has 2 aromatic rings. The molecular formula is C24H29N3O. The van der Waals surface area contributed by atoms with E-state index >= 15 is 0 Å². The van der Waals surface area contributed by atoms with Crippen LogP contribution in [-0.2, 0) is 11.2 Å². The predicted octanol–water partition coefficient (Wildman–Crippen LogP) is 3.44. The summed E-state index contributed by atoms with van der Waals surface area (Å²) in [6.45, 7) is 8.27. The summed E-state index contributed by atoms with van der Waals surface area (Å²) in [6.07, 6.45) is 4.21. The molecule has 1 atom stereocenters. The van der Waals surface area contributed by atoms with Crippen LogP contribution in [0.3, 0.4) is 0 Å². The number of piperazine rings is 1. The number of aromatic nitrogens is 1. The summed E-state index contributed by atoms with van der Waals surface area (Å²) in [5.74, 6) is 6.69. The van der Waals surface area contributed by atoms with Crippen molar-refractivity contribution in [2.75, 3.05) is 31.1 Å². The van der Waals surface area contributed by atoms with Crippen LogP contribution in [-0.4, -0.2) is 36.9 Å². The number of benzene rings is 1. The standard InChI is InChI=1S/C24H29N3O/c1-3-4-19(2)24(28)17-21-6-10-22(26-18-21)9-5-20-7-11-23(12-8-20)27-15-13-25-14-16-27/h6-8,10-12,18-19,25H,3-4,13-17H2,1-2H3. The van der Waals surface area contributed by atoms with Crippen LogP contribution in [0.2, 0.25) is 0 Å². The zero-order chi connectivity index (χ0) is 19.8. The number of nitrogens with zero attached hydrogens (tertiary/aromatic N) is 2. The Labute approximate surface area is 168 Å². The van der Waals surface area contributed by atoms with Gasteiger partial charge in [-0.05, 0) is 48.2 Å². The molecule has 0 amide bonds. The fourth-order valence-corrected chi connectivity index (χ4v) is 3.39. The maximum Gasteiger partial charge on any atom is 0.140 e. The molecule has 1 N–H and O–H groups in total. The monoisotopic (exact) mass is 375 g/mol. The summed E-state index contributed by atoms with van der Waals surface area (Å²) in [5.41, 5.74) is 3.91. The molecule has 1 unspecified atom stereocenters. The Balaban J connectivity index is 1.58. The van der Waals surface area contributed by atoms with Gasteiger partial charge < -0.3 is 10.2 Å². The van der Waals surface area contributed by atoms with Crippen LogP contribution < -0.4 is 10.2 Å². The predicted molar refractivity (Wildman–Crippen MR) is 115 cm³/mol. The first-order chi connectivity index (χ1) is 13.7. The number of nitrogens with one attached hydrogen (secondary N) is 1. The molecule has 0 spiro atoms. The topological polar surface area (TPSA) is 45.2 Å². The molecule has 4 heteroatoms. The van der Waals surface area contributed by atoms with Crippen molar-refractivity contribution in [3.8, 4) is 11.8 Å². The summed E-state index contributed by atoms with van der Waals surface area (Å²) in [7, 11) is 0. The first kappa shape index (κ1) is 20.1. The summed E-state index contributed by atoms with van der Waals surface area (Å²) in [4.78, 5) is 19.0. The molecule has 146 valence electrons. The molecule has 3 rings (SSSR count). The number of Topliss-reactive ketones (excluding diaryl/α,β-unsaturated/α-hetero) is 1. The fourth-order valence-electron chi connectivity index (χ4n) is 3.39. The van der Waals surface area contributed by atoms with Gasteiger partial charge in [-0.2, -0.15) is 0 Å². The van der Waals surface area contributed by atoms with E-state index in [1.165, 1.54) is 5.69 Å². The first-order valence-corrected chi connectivity index (χ1v) is 10.2. The van der Waals surface area contributed by atoms with Crippen molar-refractivity contribution in [2.45, 2.75) is 33.1 Å². The minimum Gasteiger partial charge on any atom is -0.369 e. The highest BCUT2D eigenvalue weighted by atomic mass is 16.1. The van der Waals surface area contributed by atoms with Gasteiger partial charge in [0.2, 0.25) is 0 Å². The Kier molecular flexibility index (Phi) is 7.22. The van der Waals surface area contributed by atoms with Gasteiger partial charge in [0.25, 0.3) is 0 Å². The van der Waals surface area contributed by atoms with Gasteiger partial charge in [-0.1, -0.05) is 32.3 Å². The van der Waals surface area contributed by atoms with Gasteiger partial charge in [0.15, 0.2) is 0 Å². The van der Waals surface area contributed by atoms with Crippen LogP contribution in [0, 0.1) is 17.8 Å². The molecule has 4 nitrogen and oxygen atoms in total. The second kappa shape index (κ2) is 10.1. The van der Waals surface area contributed by atoms with Crippen molar-refractivity contribution >= 4 is 11.5 Å². The molecule has 0 radical (unpaired) electrons. The molecule has 2 heterocycles. The van der Waals surface area contributed by atoms with Gasteiger partial charge >= 0.3 is 0 Å². The van der Waals surface area contributed by atoms with Gasteiger partial charge in [0.05, 0.1) is 0 Å². The molecule has 1 saturated heterocycles. The molecule has 0 bridgehead atoms. The summed E-state index contributed by atoms with van der Waals surface area (Å²) >= 11 is 0. The van der Waals surface area contributed by atoms with Crippen molar-refractivity contribution in [3.63, 3.8) is 0 Å². The highest BCUT2D eigenvalue weighted by Gasteiger charge is 2.12. The smallest absolute Gasteiger partial charge is 0.140 e. The van der Waals surface area contributed by atoms with E-state index in [0.29, 0.717) is 6.42 Å². The summed E-state index contributed by atoms with van der Waals surface area (Å²) < 4.78 is 0. The van der Waals surface area contributed by atoms with Crippen LogP contribution in [0.15, 0.2) is 42.6 Å². The second-order valence-corrected chi connectivity index (χ2v) is 7.42. The van der Waals surface area contributed by atoms with Crippen LogP contribution in [0.1, 0.15) is 43.5 Å². The minimum atomic E-state index is 0.119. The molecule has 1 aromatic carbocycles. The van der Waals surface area contributed by atoms with Gasteiger partial charge in [-0.25, -0.2) is 4.98 Å². The van der Waals surface area contributed by atoms with E-state index in [1.54, 1.807) is 6.20 Å². The first-order valence-electron chi connectivity index (χ1n) is 10.2. The lowest BCUT2D eigenvalue weighted by Crippen LogP contribution is -2.43. The number of pyridine rings is 1. The number of hydrogen-bond acceptors (Lipinski definition) is 4. The minimum absolute atomic E-state index is 0.119. The zero-order valence-corrected chi connectivity index (χ0v) is 16.9. The third-order valence-electron chi connectivity index (χ3n) is 5.16. The Morgan fingerprint density at radius 2 is 1.89 bits per heavy atom. The SMILES string of the molecule is CCCC(C)C(=O)Cc1ccc(C#Cc2ccc(N3CCNCC3)cc2)nc1. The quantitative estimate of drug-likeness (QED) is 0.786. The molecular weight excluding hydrogens is 346 g/mol. The Morgan fingerprint density at radius 1 is 1.14 bits per heavy atom. The van der Waals surface area contributed by atoms with E-state index in [0.717, 1.165) is 55.8 Å². The van der Waals surface area contributed by atoms with Crippen molar-refractivity contribution < 1.29 is 4.79 Å². The van der Waals surface area contributed by atoms with E-state index < -0.39 is 0 Å². The number of ketones is 1. The maximum atomic E-state index is 12.2. The van der Waals surface area contributed by atoms with E-state index in [2.05, 4.69) is 58.2 Å². The van der Waals surface area contributed by atoms with E-state index in [4.69, 9.17) is 0 Å². The third kappa shape index (κ3) is 5.68. The molecule has 0 aliphatic carbocycles. The third-order valence-corrected chi connectivity index (χ3v) is 5.16. The highest BCUT2D eigenvalue weighted by molar-refractivity contribution is 5.82. The van der Waals surface area contributed by atoms with Crippen molar-refractivity contribution in [1.29, 1.82) is 0 Å². The van der Waals surface area contributed by atoms with Crippen molar-refractivity contribution in [3.05, 3.63) is 59.4 Å². The number of anilines is 1. The highest BCUT2D eigenvalue weighted by Crippen LogP contribution is 2.15. The Hall–Kier alpha value is -2.64. The molecule has 0 saturated carbocycles. The van der Waals surface area contributed by atoms with Gasteiger partial charge in [-0.3, -0.25) is 4.79 Å². The number of hydrogen-bond donors (Lipinski definition) is 1. The lowest BCUT2D eigenvalue weighted by atomic mass is 9.96. The maximum absolute atomic E-state index is 12.2. The van der Waals surface area contributed by atoms with E-state index in [1.807, 2.05) is 19.1 Å². The molecule has 28 heavy (non-hydrogen) atoms. The Bertz CT molecular complexity index is 825. The number of carbonyl (C=O) groups excluding carboxylic acids is 1. The van der Waals surface area contributed by atoms with Crippen LogP contribution in [0.4, 0.5) is 5.69 Å². The second-order valence-electron chi connectivity index (χ2n) is 7.42. The van der Waals surface area contributed by atoms with E-state index in [-0.39, 0.29) is 11.7 Å². The van der Waals surface area contributed by atoms with Crippen molar-refractivity contribution in [2.24, 2.45) is 5.92 Å². The number of rotatable bonds is 6. The largest absolute Gasteiger partial charge is 0.369 e. The summed E-state index contributed by atoms with van der Waals surface area (Å²) in [6, 6.07) is 12.2. The fraction of sp³-hybridized carbons (Fsp3) is 0.417. The number of carbonyl (C=O) groups is 1. The normalized spacial score (nSPS) is 14.9. The van der Waals surface area contributed by atoms with Crippen LogP contribution in [0.5, 0.6) is 0 Å². The van der Waals surface area contributed by atoms with E-state index in [9.17, 15) is 4.79 Å². The summed E-state index contributed by atoms with van der Waals surface area (Å²) in [5, 5.41) is 3.37. The molecule has 1 aliphatic heterocycles. The average Bonchev–Trinajstić information content (AvgIpc) is 2.74. The zero-order valence-electron chi connectivity index (χ0n) is 16.9. The molecule has 1 aliphatic rings. The van der Waals surface area contributed by atoms with Crippen molar-refractivity contribution in [1.82, 2.24) is 10.3 Å². The lowest BCUT2D eigenvalue weighted by molar-refractivity contribution is -0.121. The molecule has 1 fully saturated rings. The lowest BCUT2D eigenvalue weighted by Gasteiger charge is -2.29. The van der Waals surface area contributed by atoms with Crippen LogP contribution >= 0.6 is 0 Å².